The number of aryl methyl sites for hydroxylation is 1. The number of pyridine rings is 1. The topological polar surface area (TPSA) is 41.7 Å². The minimum atomic E-state index is 0.719. The Balaban J connectivity index is 1.80. The van der Waals surface area contributed by atoms with E-state index in [-0.39, 0.29) is 0 Å². The van der Waals surface area contributed by atoms with Crippen LogP contribution in [-0.4, -0.2) is 43.2 Å². The SMILES string of the molecule is COCCN1CCN(Cc2ccoc2)Cc2ccc(C)nc21. The number of rotatable bonds is 5. The molecule has 0 radical (unpaired) electrons. The molecule has 0 fully saturated rings. The summed E-state index contributed by atoms with van der Waals surface area (Å²) in [5.74, 6) is 1.10. The first-order chi connectivity index (χ1) is 10.8. The molecule has 0 N–H and O–H groups in total. The van der Waals surface area contributed by atoms with Gasteiger partial charge >= 0.3 is 0 Å². The summed E-state index contributed by atoms with van der Waals surface area (Å²) in [5.41, 5.74) is 3.55. The Morgan fingerprint density at radius 1 is 1.27 bits per heavy atom. The molecule has 5 heteroatoms. The van der Waals surface area contributed by atoms with Crippen molar-refractivity contribution in [2.75, 3.05) is 38.3 Å². The number of furan rings is 1. The summed E-state index contributed by atoms with van der Waals surface area (Å²) in [6, 6.07) is 6.32. The Hall–Kier alpha value is -1.85. The van der Waals surface area contributed by atoms with Gasteiger partial charge in [-0.2, -0.15) is 0 Å². The van der Waals surface area contributed by atoms with Gasteiger partial charge in [-0.25, -0.2) is 4.98 Å². The van der Waals surface area contributed by atoms with Crippen molar-refractivity contribution in [3.05, 3.63) is 47.5 Å². The highest BCUT2D eigenvalue weighted by Gasteiger charge is 2.21. The van der Waals surface area contributed by atoms with Gasteiger partial charge in [0, 0.05) is 56.7 Å². The van der Waals surface area contributed by atoms with Gasteiger partial charge in [-0.15, -0.1) is 0 Å². The lowest BCUT2D eigenvalue weighted by molar-refractivity contribution is 0.203. The fourth-order valence-electron chi connectivity index (χ4n) is 2.85. The van der Waals surface area contributed by atoms with E-state index < -0.39 is 0 Å². The lowest BCUT2D eigenvalue weighted by atomic mass is 10.2. The molecular formula is C17H23N3O2. The van der Waals surface area contributed by atoms with Crippen molar-refractivity contribution in [3.63, 3.8) is 0 Å². The number of ether oxygens (including phenoxy) is 1. The molecule has 5 nitrogen and oxygen atoms in total. The molecule has 2 aromatic heterocycles. The number of methoxy groups -OCH3 is 1. The molecule has 0 atom stereocenters. The molecule has 0 amide bonds. The van der Waals surface area contributed by atoms with Gasteiger partial charge in [-0.05, 0) is 19.1 Å². The van der Waals surface area contributed by atoms with E-state index in [9.17, 15) is 0 Å². The third-order valence-corrected chi connectivity index (χ3v) is 4.03. The molecule has 0 aromatic carbocycles. The fraction of sp³-hybridized carbons (Fsp3) is 0.471. The molecule has 0 aliphatic carbocycles. The molecule has 2 aromatic rings. The molecule has 0 saturated heterocycles. The van der Waals surface area contributed by atoms with E-state index in [0.717, 1.165) is 50.8 Å². The van der Waals surface area contributed by atoms with E-state index in [4.69, 9.17) is 14.1 Å². The summed E-state index contributed by atoms with van der Waals surface area (Å²) in [7, 11) is 1.74. The summed E-state index contributed by atoms with van der Waals surface area (Å²) < 4.78 is 10.4. The van der Waals surface area contributed by atoms with Gasteiger partial charge < -0.3 is 14.1 Å². The second kappa shape index (κ2) is 6.94. The Kier molecular flexibility index (Phi) is 4.75. The molecule has 22 heavy (non-hydrogen) atoms. The summed E-state index contributed by atoms with van der Waals surface area (Å²) in [6.07, 6.45) is 3.55. The molecule has 0 spiro atoms. The highest BCUT2D eigenvalue weighted by molar-refractivity contribution is 5.48. The lowest BCUT2D eigenvalue weighted by Crippen LogP contribution is -2.33. The van der Waals surface area contributed by atoms with Gasteiger partial charge in [0.1, 0.15) is 5.82 Å². The monoisotopic (exact) mass is 301 g/mol. The number of nitrogens with zero attached hydrogens (tertiary/aromatic N) is 3. The third kappa shape index (κ3) is 3.48. The first kappa shape index (κ1) is 15.1. The highest BCUT2D eigenvalue weighted by Crippen LogP contribution is 2.24. The standard InChI is InChI=1S/C17H23N3O2/c1-14-3-4-16-12-19(11-15-5-9-22-13-15)6-7-20(8-10-21-2)17(16)18-14/h3-5,9,13H,6-8,10-12H2,1-2H3. The van der Waals surface area contributed by atoms with E-state index in [1.54, 1.807) is 13.4 Å². The van der Waals surface area contributed by atoms with Crippen molar-refractivity contribution in [3.8, 4) is 0 Å². The molecule has 0 unspecified atom stereocenters. The minimum absolute atomic E-state index is 0.719. The van der Waals surface area contributed by atoms with Crippen LogP contribution in [0.25, 0.3) is 0 Å². The number of anilines is 1. The molecule has 1 aliphatic heterocycles. The predicted octanol–water partition coefficient (Wildman–Crippen LogP) is 2.45. The molecule has 1 aliphatic rings. The van der Waals surface area contributed by atoms with Gasteiger partial charge in [-0.3, -0.25) is 4.90 Å². The lowest BCUT2D eigenvalue weighted by Gasteiger charge is -2.23. The van der Waals surface area contributed by atoms with Crippen LogP contribution in [-0.2, 0) is 17.8 Å². The zero-order valence-corrected chi connectivity index (χ0v) is 13.3. The van der Waals surface area contributed by atoms with Crippen LogP contribution in [0.4, 0.5) is 5.82 Å². The second-order valence-electron chi connectivity index (χ2n) is 5.76. The average Bonchev–Trinajstić information content (AvgIpc) is 2.96. The molecule has 0 bridgehead atoms. The minimum Gasteiger partial charge on any atom is -0.472 e. The molecule has 3 heterocycles. The first-order valence-corrected chi connectivity index (χ1v) is 7.70. The van der Waals surface area contributed by atoms with Crippen LogP contribution in [0.5, 0.6) is 0 Å². The van der Waals surface area contributed by atoms with Gasteiger partial charge in [0.05, 0.1) is 19.1 Å². The zero-order chi connectivity index (χ0) is 15.4. The first-order valence-electron chi connectivity index (χ1n) is 7.70. The quantitative estimate of drug-likeness (QED) is 0.848. The van der Waals surface area contributed by atoms with Crippen molar-refractivity contribution in [1.82, 2.24) is 9.88 Å². The largest absolute Gasteiger partial charge is 0.472 e. The smallest absolute Gasteiger partial charge is 0.133 e. The van der Waals surface area contributed by atoms with Gasteiger partial charge in [0.15, 0.2) is 0 Å². The van der Waals surface area contributed by atoms with Crippen LogP contribution in [0.1, 0.15) is 16.8 Å². The van der Waals surface area contributed by atoms with Crippen LogP contribution < -0.4 is 4.90 Å². The van der Waals surface area contributed by atoms with Gasteiger partial charge in [0.2, 0.25) is 0 Å². The Labute approximate surface area is 131 Å². The van der Waals surface area contributed by atoms with Crippen molar-refractivity contribution in [2.24, 2.45) is 0 Å². The molecule has 0 saturated carbocycles. The van der Waals surface area contributed by atoms with Gasteiger partial charge in [0.25, 0.3) is 0 Å². The van der Waals surface area contributed by atoms with E-state index >= 15 is 0 Å². The predicted molar refractivity (Wildman–Crippen MR) is 85.9 cm³/mol. The van der Waals surface area contributed by atoms with Crippen LogP contribution in [0, 0.1) is 6.92 Å². The molecule has 3 rings (SSSR count). The second-order valence-corrected chi connectivity index (χ2v) is 5.76. The van der Waals surface area contributed by atoms with Crippen LogP contribution in [0.3, 0.4) is 0 Å². The molecular weight excluding hydrogens is 278 g/mol. The fourth-order valence-corrected chi connectivity index (χ4v) is 2.85. The number of fused-ring (bicyclic) bond motifs is 1. The molecule has 118 valence electrons. The van der Waals surface area contributed by atoms with Crippen LogP contribution in [0.2, 0.25) is 0 Å². The number of hydrogen-bond donors (Lipinski definition) is 0. The maximum atomic E-state index is 5.25. The number of aromatic nitrogens is 1. The van der Waals surface area contributed by atoms with Crippen molar-refractivity contribution in [1.29, 1.82) is 0 Å². The van der Waals surface area contributed by atoms with Crippen molar-refractivity contribution in [2.45, 2.75) is 20.0 Å². The summed E-state index contributed by atoms with van der Waals surface area (Å²) in [5, 5.41) is 0. The highest BCUT2D eigenvalue weighted by atomic mass is 16.5. The third-order valence-electron chi connectivity index (χ3n) is 4.03. The van der Waals surface area contributed by atoms with E-state index in [1.807, 2.05) is 19.3 Å². The summed E-state index contributed by atoms with van der Waals surface area (Å²) in [6.45, 7) is 7.42. The zero-order valence-electron chi connectivity index (χ0n) is 13.3. The average molecular weight is 301 g/mol. The van der Waals surface area contributed by atoms with Crippen molar-refractivity contribution < 1.29 is 9.15 Å². The maximum absolute atomic E-state index is 5.25. The Morgan fingerprint density at radius 2 is 2.18 bits per heavy atom. The number of hydrogen-bond acceptors (Lipinski definition) is 5. The van der Waals surface area contributed by atoms with E-state index in [1.165, 1.54) is 11.1 Å². The normalized spacial score (nSPS) is 15.6. The summed E-state index contributed by atoms with van der Waals surface area (Å²) in [4.78, 5) is 9.54. The Bertz CT molecular complexity index is 598. The van der Waals surface area contributed by atoms with Gasteiger partial charge in [-0.1, -0.05) is 6.07 Å². The van der Waals surface area contributed by atoms with Crippen molar-refractivity contribution >= 4 is 5.82 Å². The van der Waals surface area contributed by atoms with E-state index in [2.05, 4.69) is 21.9 Å². The Morgan fingerprint density at radius 3 is 2.95 bits per heavy atom. The van der Waals surface area contributed by atoms with Crippen LogP contribution >= 0.6 is 0 Å². The summed E-state index contributed by atoms with van der Waals surface area (Å²) >= 11 is 0. The van der Waals surface area contributed by atoms with Crippen LogP contribution in [0.15, 0.2) is 35.1 Å². The maximum Gasteiger partial charge on any atom is 0.133 e. The van der Waals surface area contributed by atoms with E-state index in [0.29, 0.717) is 0 Å².